The first-order chi connectivity index (χ1) is 9.43. The zero-order valence-electron chi connectivity index (χ0n) is 13.1. The number of carbonyl (C=O) groups is 1. The average molecular weight is 274 g/mol. The van der Waals surface area contributed by atoms with Crippen molar-refractivity contribution in [2.45, 2.75) is 45.6 Å². The molecule has 20 heavy (non-hydrogen) atoms. The molecule has 3 heteroatoms. The quantitative estimate of drug-likeness (QED) is 0.915. The van der Waals surface area contributed by atoms with E-state index in [1.165, 1.54) is 5.56 Å². The molecule has 0 atom stereocenters. The molecule has 1 saturated heterocycles. The van der Waals surface area contributed by atoms with Crippen LogP contribution < -0.4 is 5.32 Å². The molecule has 1 amide bonds. The van der Waals surface area contributed by atoms with Crippen molar-refractivity contribution in [3.8, 4) is 0 Å². The highest BCUT2D eigenvalue weighted by molar-refractivity contribution is 5.94. The Balaban J connectivity index is 2.14. The Labute approximate surface area is 122 Å². The molecule has 1 N–H and O–H groups in total. The summed E-state index contributed by atoms with van der Waals surface area (Å²) in [5, 5.41) is 3.24. The summed E-state index contributed by atoms with van der Waals surface area (Å²) in [4.78, 5) is 14.6. The molecule has 0 unspecified atom stereocenters. The highest BCUT2D eigenvalue weighted by Gasteiger charge is 2.28. The first-order valence-corrected chi connectivity index (χ1v) is 7.55. The van der Waals surface area contributed by atoms with Crippen molar-refractivity contribution in [3.63, 3.8) is 0 Å². The fourth-order valence-corrected chi connectivity index (χ4v) is 2.46. The maximum atomic E-state index is 12.6. The minimum Gasteiger partial charge on any atom is -0.333 e. The summed E-state index contributed by atoms with van der Waals surface area (Å²) < 4.78 is 0. The summed E-state index contributed by atoms with van der Waals surface area (Å²) in [6, 6.07) is 8.46. The van der Waals surface area contributed by atoms with Gasteiger partial charge in [-0.1, -0.05) is 39.8 Å². The number of amides is 1. The summed E-state index contributed by atoms with van der Waals surface area (Å²) in [5.41, 5.74) is 2.20. The van der Waals surface area contributed by atoms with E-state index in [1.54, 1.807) is 0 Å². The molecular formula is C17H26N2O. The molecular weight excluding hydrogens is 248 g/mol. The van der Waals surface area contributed by atoms with Gasteiger partial charge < -0.3 is 10.2 Å². The first-order valence-electron chi connectivity index (χ1n) is 7.55. The van der Waals surface area contributed by atoms with Crippen molar-refractivity contribution in [1.29, 1.82) is 0 Å². The summed E-state index contributed by atoms with van der Waals surface area (Å²) >= 11 is 0. The molecule has 1 aromatic carbocycles. The topological polar surface area (TPSA) is 32.3 Å². The molecule has 0 radical (unpaired) electrons. The number of carbonyl (C=O) groups excluding carboxylic acids is 1. The Morgan fingerprint density at radius 1 is 1.25 bits per heavy atom. The van der Waals surface area contributed by atoms with Crippen molar-refractivity contribution in [2.75, 3.05) is 19.6 Å². The SMILES string of the molecule is CCCN(C(=O)c1ccc(C(C)(C)C)cc1)C1CNC1. The predicted molar refractivity (Wildman–Crippen MR) is 83.1 cm³/mol. The van der Waals surface area contributed by atoms with E-state index in [1.807, 2.05) is 17.0 Å². The lowest BCUT2D eigenvalue weighted by Gasteiger charge is -2.38. The van der Waals surface area contributed by atoms with Gasteiger partial charge in [-0.15, -0.1) is 0 Å². The van der Waals surface area contributed by atoms with E-state index in [0.717, 1.165) is 31.6 Å². The molecule has 1 aliphatic rings. The third-order valence-corrected chi connectivity index (χ3v) is 3.92. The van der Waals surface area contributed by atoms with E-state index in [9.17, 15) is 4.79 Å². The first kappa shape index (κ1) is 15.0. The van der Waals surface area contributed by atoms with Crippen LogP contribution in [0.1, 0.15) is 50.0 Å². The molecule has 0 aliphatic carbocycles. The van der Waals surface area contributed by atoms with Crippen LogP contribution in [0.2, 0.25) is 0 Å². The van der Waals surface area contributed by atoms with E-state index in [-0.39, 0.29) is 11.3 Å². The zero-order valence-corrected chi connectivity index (χ0v) is 13.1. The largest absolute Gasteiger partial charge is 0.333 e. The van der Waals surface area contributed by atoms with Crippen molar-refractivity contribution >= 4 is 5.91 Å². The zero-order chi connectivity index (χ0) is 14.8. The lowest BCUT2D eigenvalue weighted by Crippen LogP contribution is -2.59. The minimum absolute atomic E-state index is 0.128. The van der Waals surface area contributed by atoms with Crippen LogP contribution in [0.25, 0.3) is 0 Å². The Morgan fingerprint density at radius 2 is 1.85 bits per heavy atom. The second kappa shape index (κ2) is 5.96. The average Bonchev–Trinajstić information content (AvgIpc) is 2.34. The van der Waals surface area contributed by atoms with Gasteiger partial charge in [-0.25, -0.2) is 0 Å². The van der Waals surface area contributed by atoms with Crippen LogP contribution in [0.3, 0.4) is 0 Å². The molecule has 0 spiro atoms. The minimum atomic E-state index is 0.128. The van der Waals surface area contributed by atoms with Gasteiger partial charge >= 0.3 is 0 Å². The second-order valence-corrected chi connectivity index (χ2v) is 6.64. The standard InChI is InChI=1S/C17H26N2O/c1-5-10-19(15-11-18-12-15)16(20)13-6-8-14(9-7-13)17(2,3)4/h6-9,15,18H,5,10-12H2,1-4H3. The predicted octanol–water partition coefficient (Wildman–Crippen LogP) is 2.81. The van der Waals surface area contributed by atoms with Crippen LogP contribution in [0.4, 0.5) is 0 Å². The number of rotatable bonds is 4. The second-order valence-electron chi connectivity index (χ2n) is 6.64. The Kier molecular flexibility index (Phi) is 4.48. The van der Waals surface area contributed by atoms with Crippen LogP contribution in [0.5, 0.6) is 0 Å². The van der Waals surface area contributed by atoms with Gasteiger partial charge in [-0.3, -0.25) is 4.79 Å². The smallest absolute Gasteiger partial charge is 0.254 e. The maximum absolute atomic E-state index is 12.6. The number of nitrogens with one attached hydrogen (secondary N) is 1. The van der Waals surface area contributed by atoms with Gasteiger partial charge in [0.1, 0.15) is 0 Å². The molecule has 110 valence electrons. The fraction of sp³-hybridized carbons (Fsp3) is 0.588. The molecule has 1 fully saturated rings. The van der Waals surface area contributed by atoms with Gasteiger partial charge in [0.2, 0.25) is 0 Å². The summed E-state index contributed by atoms with van der Waals surface area (Å²) in [5.74, 6) is 0.166. The van der Waals surface area contributed by atoms with E-state index in [4.69, 9.17) is 0 Å². The van der Waals surface area contributed by atoms with E-state index in [0.29, 0.717) is 6.04 Å². The molecule has 1 aliphatic heterocycles. The Morgan fingerprint density at radius 3 is 2.25 bits per heavy atom. The number of benzene rings is 1. The number of hydrogen-bond acceptors (Lipinski definition) is 2. The fourth-order valence-electron chi connectivity index (χ4n) is 2.46. The lowest BCUT2D eigenvalue weighted by atomic mass is 9.86. The van der Waals surface area contributed by atoms with E-state index in [2.05, 4.69) is 45.1 Å². The highest BCUT2D eigenvalue weighted by atomic mass is 16.2. The summed E-state index contributed by atoms with van der Waals surface area (Å²) in [6.07, 6.45) is 1.00. The van der Waals surface area contributed by atoms with Crippen molar-refractivity contribution in [3.05, 3.63) is 35.4 Å². The summed E-state index contributed by atoms with van der Waals surface area (Å²) in [7, 11) is 0. The van der Waals surface area contributed by atoms with Gasteiger partial charge in [-0.05, 0) is 29.5 Å². The monoisotopic (exact) mass is 274 g/mol. The normalized spacial score (nSPS) is 15.8. The van der Waals surface area contributed by atoms with Gasteiger partial charge in [0.05, 0.1) is 6.04 Å². The molecule has 0 saturated carbocycles. The highest BCUT2D eigenvalue weighted by Crippen LogP contribution is 2.23. The Bertz CT molecular complexity index is 455. The van der Waals surface area contributed by atoms with Crippen LogP contribution in [0.15, 0.2) is 24.3 Å². The van der Waals surface area contributed by atoms with Gasteiger partial charge in [0.25, 0.3) is 5.91 Å². The summed E-state index contributed by atoms with van der Waals surface area (Å²) in [6.45, 7) is 11.4. The van der Waals surface area contributed by atoms with Crippen molar-refractivity contribution in [2.24, 2.45) is 0 Å². The van der Waals surface area contributed by atoms with E-state index >= 15 is 0 Å². The van der Waals surface area contributed by atoms with Crippen molar-refractivity contribution in [1.82, 2.24) is 10.2 Å². The van der Waals surface area contributed by atoms with Gasteiger partial charge in [-0.2, -0.15) is 0 Å². The third-order valence-electron chi connectivity index (χ3n) is 3.92. The number of hydrogen-bond donors (Lipinski definition) is 1. The van der Waals surface area contributed by atoms with E-state index < -0.39 is 0 Å². The molecule has 0 bridgehead atoms. The van der Waals surface area contributed by atoms with Crippen LogP contribution in [-0.4, -0.2) is 36.5 Å². The lowest BCUT2D eigenvalue weighted by molar-refractivity contribution is 0.0615. The molecule has 2 rings (SSSR count). The van der Waals surface area contributed by atoms with Crippen LogP contribution in [-0.2, 0) is 5.41 Å². The molecule has 1 heterocycles. The Hall–Kier alpha value is -1.35. The molecule has 0 aromatic heterocycles. The molecule has 3 nitrogen and oxygen atoms in total. The number of nitrogens with zero attached hydrogens (tertiary/aromatic N) is 1. The van der Waals surface area contributed by atoms with Crippen LogP contribution >= 0.6 is 0 Å². The third kappa shape index (κ3) is 3.21. The van der Waals surface area contributed by atoms with Crippen molar-refractivity contribution < 1.29 is 4.79 Å². The van der Waals surface area contributed by atoms with Crippen LogP contribution in [0, 0.1) is 0 Å². The molecule has 1 aromatic rings. The van der Waals surface area contributed by atoms with Gasteiger partial charge in [0, 0.05) is 25.2 Å². The van der Waals surface area contributed by atoms with Gasteiger partial charge in [0.15, 0.2) is 0 Å². The maximum Gasteiger partial charge on any atom is 0.254 e.